The summed E-state index contributed by atoms with van der Waals surface area (Å²) in [5.41, 5.74) is 1.57. The van der Waals surface area contributed by atoms with Crippen LogP contribution in [-0.2, 0) is 0 Å². The number of nitriles is 1. The number of ether oxygens (including phenoxy) is 2. The molecular weight excluding hydrogens is 206 g/mol. The number of aliphatic hydroxyl groups is 1. The second kappa shape index (κ2) is 5.38. The molecule has 4 nitrogen and oxygen atoms in total. The zero-order valence-corrected chi connectivity index (χ0v) is 9.65. The Hall–Kier alpha value is -1.73. The lowest BCUT2D eigenvalue weighted by atomic mass is 10.0. The number of aliphatic hydroxyl groups excluding tert-OH is 1. The smallest absolute Gasteiger partial charge is 0.161 e. The monoisotopic (exact) mass is 221 g/mol. The van der Waals surface area contributed by atoms with Crippen molar-refractivity contribution >= 4 is 0 Å². The Morgan fingerprint density at radius 1 is 1.31 bits per heavy atom. The molecule has 0 radical (unpaired) electrons. The molecule has 0 saturated heterocycles. The summed E-state index contributed by atoms with van der Waals surface area (Å²) >= 11 is 0. The van der Waals surface area contributed by atoms with E-state index in [1.807, 2.05) is 13.0 Å². The van der Waals surface area contributed by atoms with Crippen LogP contribution in [-0.4, -0.2) is 19.3 Å². The zero-order valence-electron chi connectivity index (χ0n) is 9.65. The molecule has 0 saturated carbocycles. The van der Waals surface area contributed by atoms with Gasteiger partial charge in [-0.15, -0.1) is 0 Å². The van der Waals surface area contributed by atoms with Crippen molar-refractivity contribution in [2.75, 3.05) is 14.2 Å². The maximum Gasteiger partial charge on any atom is 0.161 e. The Balaban J connectivity index is 3.16. The molecule has 0 fully saturated rings. The van der Waals surface area contributed by atoms with Crippen LogP contribution in [0.4, 0.5) is 0 Å². The summed E-state index contributed by atoms with van der Waals surface area (Å²) in [6.07, 6.45) is -0.721. The van der Waals surface area contributed by atoms with Gasteiger partial charge in [0, 0.05) is 0 Å². The normalized spacial score (nSPS) is 11.7. The fourth-order valence-corrected chi connectivity index (χ4v) is 1.55. The number of hydrogen-bond donors (Lipinski definition) is 1. The van der Waals surface area contributed by atoms with Gasteiger partial charge in [-0.2, -0.15) is 5.26 Å². The Morgan fingerprint density at radius 2 is 1.88 bits per heavy atom. The topological polar surface area (TPSA) is 62.5 Å². The summed E-state index contributed by atoms with van der Waals surface area (Å²) < 4.78 is 10.3. The molecule has 0 spiro atoms. The minimum atomic E-state index is -0.787. The number of nitrogens with zero attached hydrogens (tertiary/aromatic N) is 1. The predicted molar refractivity (Wildman–Crippen MR) is 59.5 cm³/mol. The molecular formula is C12H15NO3. The van der Waals surface area contributed by atoms with Crippen molar-refractivity contribution in [3.8, 4) is 17.6 Å². The number of benzene rings is 1. The van der Waals surface area contributed by atoms with Gasteiger partial charge in [-0.05, 0) is 30.2 Å². The van der Waals surface area contributed by atoms with Crippen LogP contribution in [0.1, 0.15) is 23.7 Å². The van der Waals surface area contributed by atoms with Gasteiger partial charge in [0.15, 0.2) is 11.5 Å². The summed E-state index contributed by atoms with van der Waals surface area (Å²) in [4.78, 5) is 0. The van der Waals surface area contributed by atoms with Crippen LogP contribution < -0.4 is 9.47 Å². The molecule has 0 heterocycles. The second-order valence-corrected chi connectivity index (χ2v) is 3.44. The third-order valence-electron chi connectivity index (χ3n) is 2.42. The summed E-state index contributed by atoms with van der Waals surface area (Å²) in [5, 5.41) is 18.3. The van der Waals surface area contributed by atoms with Crippen molar-refractivity contribution in [3.05, 3.63) is 23.3 Å². The minimum Gasteiger partial charge on any atom is -0.493 e. The molecule has 1 unspecified atom stereocenters. The van der Waals surface area contributed by atoms with Crippen molar-refractivity contribution in [1.82, 2.24) is 0 Å². The molecule has 1 atom stereocenters. The average Bonchev–Trinajstić information content (AvgIpc) is 2.28. The van der Waals surface area contributed by atoms with E-state index >= 15 is 0 Å². The number of aryl methyl sites for hydroxylation is 1. The molecule has 1 aromatic rings. The van der Waals surface area contributed by atoms with Gasteiger partial charge in [0.25, 0.3) is 0 Å². The van der Waals surface area contributed by atoms with Gasteiger partial charge >= 0.3 is 0 Å². The second-order valence-electron chi connectivity index (χ2n) is 3.44. The van der Waals surface area contributed by atoms with E-state index in [-0.39, 0.29) is 6.42 Å². The maximum absolute atomic E-state index is 9.77. The first-order chi connectivity index (χ1) is 7.63. The minimum absolute atomic E-state index is 0.0658. The van der Waals surface area contributed by atoms with E-state index in [0.29, 0.717) is 17.1 Å². The quantitative estimate of drug-likeness (QED) is 0.844. The Morgan fingerprint density at radius 3 is 2.38 bits per heavy atom. The lowest BCUT2D eigenvalue weighted by Crippen LogP contribution is -2.01. The predicted octanol–water partition coefficient (Wildman–Crippen LogP) is 1.96. The first-order valence-electron chi connectivity index (χ1n) is 4.91. The van der Waals surface area contributed by atoms with Crippen molar-refractivity contribution in [3.63, 3.8) is 0 Å². The first-order valence-corrected chi connectivity index (χ1v) is 4.91. The molecule has 0 aliphatic carbocycles. The lowest BCUT2D eigenvalue weighted by molar-refractivity contribution is 0.182. The molecule has 0 aliphatic rings. The molecule has 0 bridgehead atoms. The van der Waals surface area contributed by atoms with Crippen LogP contribution >= 0.6 is 0 Å². The van der Waals surface area contributed by atoms with E-state index < -0.39 is 6.10 Å². The van der Waals surface area contributed by atoms with E-state index in [2.05, 4.69) is 0 Å². The van der Waals surface area contributed by atoms with Gasteiger partial charge in [-0.25, -0.2) is 0 Å². The molecule has 1 N–H and O–H groups in total. The number of hydrogen-bond acceptors (Lipinski definition) is 4. The van der Waals surface area contributed by atoms with Gasteiger partial charge in [-0.3, -0.25) is 0 Å². The fraction of sp³-hybridized carbons (Fsp3) is 0.417. The van der Waals surface area contributed by atoms with E-state index in [9.17, 15) is 5.11 Å². The van der Waals surface area contributed by atoms with Gasteiger partial charge in [0.2, 0.25) is 0 Å². The van der Waals surface area contributed by atoms with Crippen LogP contribution in [0.5, 0.6) is 11.5 Å². The Labute approximate surface area is 95.0 Å². The van der Waals surface area contributed by atoms with Crippen LogP contribution in [0.2, 0.25) is 0 Å². The molecule has 0 aromatic heterocycles. The molecule has 16 heavy (non-hydrogen) atoms. The Kier molecular flexibility index (Phi) is 4.15. The molecule has 0 aliphatic heterocycles. The SMILES string of the molecule is COc1cc(C)c(C(O)CC#N)cc1OC. The summed E-state index contributed by atoms with van der Waals surface area (Å²) in [5.74, 6) is 1.17. The van der Waals surface area contributed by atoms with Crippen LogP contribution in [0.15, 0.2) is 12.1 Å². The molecule has 1 aromatic carbocycles. The third kappa shape index (κ3) is 2.44. The van der Waals surface area contributed by atoms with Crippen LogP contribution in [0, 0.1) is 18.3 Å². The standard InChI is InChI=1S/C12H15NO3/c1-8-6-11(15-2)12(16-3)7-9(8)10(14)4-5-13/h6-7,10,14H,4H2,1-3H3. The Bertz CT molecular complexity index is 409. The van der Waals surface area contributed by atoms with E-state index in [0.717, 1.165) is 5.56 Å². The van der Waals surface area contributed by atoms with E-state index in [4.69, 9.17) is 14.7 Å². The molecule has 1 rings (SSSR count). The zero-order chi connectivity index (χ0) is 12.1. The molecule has 86 valence electrons. The highest BCUT2D eigenvalue weighted by Gasteiger charge is 2.14. The highest BCUT2D eigenvalue weighted by molar-refractivity contribution is 5.47. The summed E-state index contributed by atoms with van der Waals surface area (Å²) in [6.45, 7) is 1.86. The molecule has 0 amide bonds. The van der Waals surface area contributed by atoms with Crippen molar-refractivity contribution in [1.29, 1.82) is 5.26 Å². The fourth-order valence-electron chi connectivity index (χ4n) is 1.55. The largest absolute Gasteiger partial charge is 0.493 e. The van der Waals surface area contributed by atoms with Crippen molar-refractivity contribution in [2.45, 2.75) is 19.4 Å². The molecule has 4 heteroatoms. The summed E-state index contributed by atoms with van der Waals surface area (Å²) in [7, 11) is 3.09. The van der Waals surface area contributed by atoms with Gasteiger partial charge in [-0.1, -0.05) is 0 Å². The van der Waals surface area contributed by atoms with E-state index in [1.165, 1.54) is 7.11 Å². The van der Waals surface area contributed by atoms with Crippen LogP contribution in [0.3, 0.4) is 0 Å². The summed E-state index contributed by atoms with van der Waals surface area (Å²) in [6, 6.07) is 5.43. The van der Waals surface area contributed by atoms with Crippen LogP contribution in [0.25, 0.3) is 0 Å². The van der Waals surface area contributed by atoms with Gasteiger partial charge in [0.1, 0.15) is 0 Å². The van der Waals surface area contributed by atoms with Gasteiger partial charge < -0.3 is 14.6 Å². The first kappa shape index (κ1) is 12.3. The third-order valence-corrected chi connectivity index (χ3v) is 2.42. The van der Waals surface area contributed by atoms with Crippen molar-refractivity contribution < 1.29 is 14.6 Å². The highest BCUT2D eigenvalue weighted by Crippen LogP contribution is 2.33. The van der Waals surface area contributed by atoms with Crippen molar-refractivity contribution in [2.24, 2.45) is 0 Å². The highest BCUT2D eigenvalue weighted by atomic mass is 16.5. The number of rotatable bonds is 4. The lowest BCUT2D eigenvalue weighted by Gasteiger charge is -2.15. The van der Waals surface area contributed by atoms with Gasteiger partial charge in [0.05, 0.1) is 32.8 Å². The average molecular weight is 221 g/mol. The maximum atomic E-state index is 9.77. The number of methoxy groups -OCH3 is 2. The van der Waals surface area contributed by atoms with E-state index in [1.54, 1.807) is 19.2 Å².